The molecule has 1 aliphatic heterocycles. The van der Waals surface area contributed by atoms with E-state index >= 15 is 0 Å². The number of nitrogens with zero attached hydrogens (tertiary/aromatic N) is 2. The lowest BCUT2D eigenvalue weighted by atomic mass is 10.0. The predicted octanol–water partition coefficient (Wildman–Crippen LogP) is 4.15. The molecular formula is C24H27ClN4O. The molecule has 1 unspecified atom stereocenters. The standard InChI is InChI=1S/C24H26N4O.ClH/c29-24(27-22-11-5-4-10-21(22)19-7-2-1-3-8-19)12-15-28-16-14-26-18-23(28)20-9-6-13-25-17-20;/h1-11,13,17,23,26H,12,14-16,18H2,(H,27,29);1H. The van der Waals surface area contributed by atoms with Crippen molar-refractivity contribution in [3.05, 3.63) is 84.7 Å². The van der Waals surface area contributed by atoms with Gasteiger partial charge in [0.25, 0.3) is 0 Å². The summed E-state index contributed by atoms with van der Waals surface area (Å²) in [6, 6.07) is 22.4. The zero-order chi connectivity index (χ0) is 19.9. The highest BCUT2D eigenvalue weighted by Crippen LogP contribution is 2.28. The first-order chi connectivity index (χ1) is 14.3. The van der Waals surface area contributed by atoms with Crippen LogP contribution in [-0.2, 0) is 4.79 Å². The monoisotopic (exact) mass is 422 g/mol. The van der Waals surface area contributed by atoms with Gasteiger partial charge < -0.3 is 10.6 Å². The van der Waals surface area contributed by atoms with Crippen molar-refractivity contribution < 1.29 is 4.79 Å². The van der Waals surface area contributed by atoms with E-state index < -0.39 is 0 Å². The minimum absolute atomic E-state index is 0. The molecule has 2 aromatic carbocycles. The molecule has 2 heterocycles. The Labute approximate surface area is 183 Å². The molecule has 1 aromatic heterocycles. The average Bonchev–Trinajstić information content (AvgIpc) is 2.79. The number of para-hydroxylation sites is 1. The minimum atomic E-state index is 0. The second kappa shape index (κ2) is 10.9. The van der Waals surface area contributed by atoms with E-state index in [1.54, 1.807) is 6.20 Å². The summed E-state index contributed by atoms with van der Waals surface area (Å²) in [7, 11) is 0. The van der Waals surface area contributed by atoms with Crippen LogP contribution in [0.2, 0.25) is 0 Å². The Hall–Kier alpha value is -2.73. The number of pyridine rings is 1. The number of carbonyl (C=O) groups excluding carboxylic acids is 1. The summed E-state index contributed by atoms with van der Waals surface area (Å²) >= 11 is 0. The Morgan fingerprint density at radius 3 is 2.67 bits per heavy atom. The number of hydrogen-bond acceptors (Lipinski definition) is 4. The van der Waals surface area contributed by atoms with Crippen LogP contribution in [0.25, 0.3) is 11.1 Å². The summed E-state index contributed by atoms with van der Waals surface area (Å²) in [5.74, 6) is 0.0388. The first kappa shape index (κ1) is 22.0. The Kier molecular flexibility index (Phi) is 7.97. The van der Waals surface area contributed by atoms with Crippen molar-refractivity contribution in [2.45, 2.75) is 12.5 Å². The van der Waals surface area contributed by atoms with Gasteiger partial charge in [0.1, 0.15) is 0 Å². The fourth-order valence-electron chi connectivity index (χ4n) is 3.84. The molecule has 1 atom stereocenters. The van der Waals surface area contributed by atoms with E-state index in [0.717, 1.165) is 43.0 Å². The maximum atomic E-state index is 12.7. The van der Waals surface area contributed by atoms with E-state index in [1.807, 2.05) is 54.7 Å². The second-order valence-corrected chi connectivity index (χ2v) is 7.25. The molecule has 1 aliphatic rings. The highest BCUT2D eigenvalue weighted by molar-refractivity contribution is 5.95. The van der Waals surface area contributed by atoms with Gasteiger partial charge in [0.05, 0.1) is 0 Å². The number of piperazine rings is 1. The van der Waals surface area contributed by atoms with Gasteiger partial charge in [0, 0.05) is 62.3 Å². The van der Waals surface area contributed by atoms with E-state index in [-0.39, 0.29) is 24.4 Å². The van der Waals surface area contributed by atoms with Gasteiger partial charge in [0.2, 0.25) is 5.91 Å². The van der Waals surface area contributed by atoms with Crippen LogP contribution in [0.1, 0.15) is 18.0 Å². The number of hydrogen-bond donors (Lipinski definition) is 2. The Bertz CT molecular complexity index is 936. The van der Waals surface area contributed by atoms with Crippen molar-refractivity contribution in [3.63, 3.8) is 0 Å². The van der Waals surface area contributed by atoms with Crippen molar-refractivity contribution >= 4 is 24.0 Å². The quantitative estimate of drug-likeness (QED) is 0.626. The van der Waals surface area contributed by atoms with Crippen LogP contribution in [0.4, 0.5) is 5.69 Å². The maximum Gasteiger partial charge on any atom is 0.225 e. The van der Waals surface area contributed by atoms with Crippen LogP contribution in [0.15, 0.2) is 79.1 Å². The van der Waals surface area contributed by atoms with Crippen molar-refractivity contribution in [2.24, 2.45) is 0 Å². The van der Waals surface area contributed by atoms with Crippen molar-refractivity contribution in [3.8, 4) is 11.1 Å². The summed E-state index contributed by atoms with van der Waals surface area (Å²) in [6.45, 7) is 3.47. The third-order valence-corrected chi connectivity index (χ3v) is 5.34. The van der Waals surface area contributed by atoms with Gasteiger partial charge >= 0.3 is 0 Å². The van der Waals surface area contributed by atoms with Crippen LogP contribution in [0.3, 0.4) is 0 Å². The van der Waals surface area contributed by atoms with Gasteiger partial charge in [-0.2, -0.15) is 0 Å². The summed E-state index contributed by atoms with van der Waals surface area (Å²) in [5, 5.41) is 6.56. The molecule has 1 fully saturated rings. The van der Waals surface area contributed by atoms with Gasteiger partial charge in [-0.3, -0.25) is 14.7 Å². The second-order valence-electron chi connectivity index (χ2n) is 7.25. The third-order valence-electron chi connectivity index (χ3n) is 5.34. The van der Waals surface area contributed by atoms with E-state index in [9.17, 15) is 4.79 Å². The van der Waals surface area contributed by atoms with Gasteiger partial charge in [0.15, 0.2) is 0 Å². The Morgan fingerprint density at radius 1 is 1.07 bits per heavy atom. The number of anilines is 1. The fraction of sp³-hybridized carbons (Fsp3) is 0.250. The van der Waals surface area contributed by atoms with Crippen LogP contribution >= 0.6 is 12.4 Å². The van der Waals surface area contributed by atoms with E-state index in [0.29, 0.717) is 6.42 Å². The average molecular weight is 423 g/mol. The highest BCUT2D eigenvalue weighted by Gasteiger charge is 2.24. The molecular weight excluding hydrogens is 396 g/mol. The van der Waals surface area contributed by atoms with Gasteiger partial charge in [-0.1, -0.05) is 54.6 Å². The van der Waals surface area contributed by atoms with Gasteiger partial charge in [-0.25, -0.2) is 0 Å². The zero-order valence-corrected chi connectivity index (χ0v) is 17.6. The number of benzene rings is 2. The lowest BCUT2D eigenvalue weighted by Crippen LogP contribution is -2.46. The van der Waals surface area contributed by atoms with Crippen molar-refractivity contribution in [2.75, 3.05) is 31.5 Å². The molecule has 0 aliphatic carbocycles. The molecule has 0 bridgehead atoms. The molecule has 1 saturated heterocycles. The van der Waals surface area contributed by atoms with Crippen molar-refractivity contribution in [1.82, 2.24) is 15.2 Å². The number of rotatable bonds is 6. The largest absolute Gasteiger partial charge is 0.325 e. The van der Waals surface area contributed by atoms with Crippen LogP contribution in [0.5, 0.6) is 0 Å². The molecule has 5 nitrogen and oxygen atoms in total. The maximum absolute atomic E-state index is 12.7. The molecule has 156 valence electrons. The number of carbonyl (C=O) groups is 1. The topological polar surface area (TPSA) is 57.3 Å². The molecule has 1 amide bonds. The summed E-state index contributed by atoms with van der Waals surface area (Å²) < 4.78 is 0. The lowest BCUT2D eigenvalue weighted by Gasteiger charge is -2.36. The highest BCUT2D eigenvalue weighted by atomic mass is 35.5. The number of nitrogens with one attached hydrogen (secondary N) is 2. The molecule has 30 heavy (non-hydrogen) atoms. The van der Waals surface area contributed by atoms with Crippen LogP contribution in [0, 0.1) is 0 Å². The summed E-state index contributed by atoms with van der Waals surface area (Å²) in [4.78, 5) is 19.3. The summed E-state index contributed by atoms with van der Waals surface area (Å²) in [5.41, 5.74) is 4.18. The minimum Gasteiger partial charge on any atom is -0.325 e. The fourth-order valence-corrected chi connectivity index (χ4v) is 3.84. The Balaban J connectivity index is 0.00000256. The van der Waals surface area contributed by atoms with Gasteiger partial charge in [-0.05, 0) is 23.3 Å². The normalized spacial score (nSPS) is 16.5. The predicted molar refractivity (Wildman–Crippen MR) is 124 cm³/mol. The zero-order valence-electron chi connectivity index (χ0n) is 16.8. The molecule has 0 spiro atoms. The molecule has 0 radical (unpaired) electrons. The number of amides is 1. The number of aromatic nitrogens is 1. The van der Waals surface area contributed by atoms with Crippen LogP contribution in [-0.4, -0.2) is 42.0 Å². The van der Waals surface area contributed by atoms with Gasteiger partial charge in [-0.15, -0.1) is 12.4 Å². The molecule has 3 aromatic rings. The summed E-state index contributed by atoms with van der Waals surface area (Å²) in [6.07, 6.45) is 4.17. The third kappa shape index (κ3) is 5.45. The molecule has 4 rings (SSSR count). The van der Waals surface area contributed by atoms with E-state index in [2.05, 4.69) is 38.7 Å². The molecule has 0 saturated carbocycles. The SMILES string of the molecule is Cl.O=C(CCN1CCNCC1c1cccnc1)Nc1ccccc1-c1ccccc1. The van der Waals surface area contributed by atoms with E-state index in [4.69, 9.17) is 0 Å². The van der Waals surface area contributed by atoms with E-state index in [1.165, 1.54) is 5.56 Å². The Morgan fingerprint density at radius 2 is 1.87 bits per heavy atom. The molecule has 6 heteroatoms. The lowest BCUT2D eigenvalue weighted by molar-refractivity contribution is -0.116. The number of halogens is 1. The smallest absolute Gasteiger partial charge is 0.225 e. The van der Waals surface area contributed by atoms with Crippen molar-refractivity contribution in [1.29, 1.82) is 0 Å². The van der Waals surface area contributed by atoms with Crippen LogP contribution < -0.4 is 10.6 Å². The first-order valence-corrected chi connectivity index (χ1v) is 10.1. The molecule has 2 N–H and O–H groups in total. The first-order valence-electron chi connectivity index (χ1n) is 10.1.